The van der Waals surface area contributed by atoms with E-state index in [1.165, 1.54) is 5.56 Å². The molecule has 19 heavy (non-hydrogen) atoms. The van der Waals surface area contributed by atoms with Gasteiger partial charge in [0.25, 0.3) is 0 Å². The molecular formula is C14H13BrN2OS. The van der Waals surface area contributed by atoms with Gasteiger partial charge >= 0.3 is 0 Å². The SMILES string of the molecule is Cc1cc(C(NN)c2cc3ccccc3o2)sc1Br. The van der Waals surface area contributed by atoms with Gasteiger partial charge in [0.05, 0.1) is 3.79 Å². The Morgan fingerprint density at radius 3 is 2.74 bits per heavy atom. The van der Waals surface area contributed by atoms with E-state index in [4.69, 9.17) is 10.3 Å². The number of furan rings is 1. The lowest BCUT2D eigenvalue weighted by atomic mass is 10.1. The van der Waals surface area contributed by atoms with Crippen LogP contribution in [-0.4, -0.2) is 0 Å². The van der Waals surface area contributed by atoms with Gasteiger partial charge in [0.15, 0.2) is 0 Å². The molecule has 1 atom stereocenters. The smallest absolute Gasteiger partial charge is 0.134 e. The van der Waals surface area contributed by atoms with Crippen molar-refractivity contribution in [3.63, 3.8) is 0 Å². The highest BCUT2D eigenvalue weighted by Crippen LogP contribution is 2.35. The van der Waals surface area contributed by atoms with Crippen LogP contribution in [0.5, 0.6) is 0 Å². The molecule has 3 aromatic rings. The maximum atomic E-state index is 5.87. The Labute approximate surface area is 123 Å². The topological polar surface area (TPSA) is 51.2 Å². The van der Waals surface area contributed by atoms with Gasteiger partial charge in [0.1, 0.15) is 17.4 Å². The molecule has 1 unspecified atom stereocenters. The molecule has 0 aliphatic rings. The van der Waals surface area contributed by atoms with Crippen LogP contribution in [0.2, 0.25) is 0 Å². The third-order valence-corrected chi connectivity index (χ3v) is 5.26. The van der Waals surface area contributed by atoms with Gasteiger partial charge in [-0.3, -0.25) is 5.84 Å². The molecule has 0 bridgehead atoms. The number of nitrogens with two attached hydrogens (primary N) is 1. The number of halogens is 1. The summed E-state index contributed by atoms with van der Waals surface area (Å²) < 4.78 is 7.00. The molecular weight excluding hydrogens is 324 g/mol. The van der Waals surface area contributed by atoms with Crippen molar-refractivity contribution in [3.8, 4) is 0 Å². The van der Waals surface area contributed by atoms with E-state index in [2.05, 4.69) is 34.3 Å². The van der Waals surface area contributed by atoms with E-state index >= 15 is 0 Å². The zero-order valence-electron chi connectivity index (χ0n) is 10.3. The van der Waals surface area contributed by atoms with Crippen molar-refractivity contribution in [1.82, 2.24) is 5.43 Å². The number of para-hydroxylation sites is 1. The number of aryl methyl sites for hydroxylation is 1. The molecule has 0 radical (unpaired) electrons. The molecule has 0 fully saturated rings. The van der Waals surface area contributed by atoms with Crippen LogP contribution in [0.25, 0.3) is 11.0 Å². The second-order valence-electron chi connectivity index (χ2n) is 4.39. The van der Waals surface area contributed by atoms with Gasteiger partial charge in [-0.15, -0.1) is 11.3 Å². The third kappa shape index (κ3) is 2.34. The van der Waals surface area contributed by atoms with Crippen LogP contribution in [0.1, 0.15) is 22.2 Å². The Hall–Kier alpha value is -1.14. The predicted octanol–water partition coefficient (Wildman–Crippen LogP) is 4.12. The van der Waals surface area contributed by atoms with E-state index in [1.54, 1.807) is 11.3 Å². The second-order valence-corrected chi connectivity index (χ2v) is 6.79. The van der Waals surface area contributed by atoms with Crippen LogP contribution in [0.4, 0.5) is 0 Å². The standard InChI is InChI=1S/C14H13BrN2OS/c1-8-6-12(19-14(8)15)13(17-16)11-7-9-4-2-3-5-10(9)18-11/h2-7,13,17H,16H2,1H3. The molecule has 3 nitrogen and oxygen atoms in total. The molecule has 0 spiro atoms. The normalized spacial score (nSPS) is 13.0. The second kappa shape index (κ2) is 5.09. The van der Waals surface area contributed by atoms with Crippen molar-refractivity contribution in [1.29, 1.82) is 0 Å². The minimum absolute atomic E-state index is 0.123. The summed E-state index contributed by atoms with van der Waals surface area (Å²) in [7, 11) is 0. The highest BCUT2D eigenvalue weighted by molar-refractivity contribution is 9.11. The summed E-state index contributed by atoms with van der Waals surface area (Å²) in [6.07, 6.45) is 0. The van der Waals surface area contributed by atoms with E-state index in [1.807, 2.05) is 30.3 Å². The van der Waals surface area contributed by atoms with Gasteiger partial charge in [-0.2, -0.15) is 0 Å². The molecule has 3 N–H and O–H groups in total. The van der Waals surface area contributed by atoms with Crippen molar-refractivity contribution in [2.45, 2.75) is 13.0 Å². The quantitative estimate of drug-likeness (QED) is 0.558. The van der Waals surface area contributed by atoms with Gasteiger partial charge in [-0.05, 0) is 46.6 Å². The monoisotopic (exact) mass is 336 g/mol. The van der Waals surface area contributed by atoms with Crippen molar-refractivity contribution in [2.75, 3.05) is 0 Å². The fraction of sp³-hybridized carbons (Fsp3) is 0.143. The number of benzene rings is 1. The Balaban J connectivity index is 2.06. The summed E-state index contributed by atoms with van der Waals surface area (Å²) in [6, 6.07) is 12.0. The molecule has 98 valence electrons. The number of fused-ring (bicyclic) bond motifs is 1. The first kappa shape index (κ1) is 12.9. The average Bonchev–Trinajstić information content (AvgIpc) is 2.95. The number of nitrogens with one attached hydrogen (secondary N) is 1. The van der Waals surface area contributed by atoms with Gasteiger partial charge < -0.3 is 4.42 Å². The first-order valence-electron chi connectivity index (χ1n) is 5.89. The molecule has 5 heteroatoms. The number of hydrogen-bond acceptors (Lipinski definition) is 4. The van der Waals surface area contributed by atoms with Crippen LogP contribution in [0, 0.1) is 6.92 Å². The Kier molecular flexibility index (Phi) is 3.45. The van der Waals surface area contributed by atoms with E-state index in [9.17, 15) is 0 Å². The average molecular weight is 337 g/mol. The molecule has 0 amide bonds. The summed E-state index contributed by atoms with van der Waals surface area (Å²) in [4.78, 5) is 1.13. The van der Waals surface area contributed by atoms with Crippen molar-refractivity contribution in [3.05, 3.63) is 56.4 Å². The highest BCUT2D eigenvalue weighted by Gasteiger charge is 2.20. The minimum atomic E-state index is -0.123. The largest absolute Gasteiger partial charge is 0.459 e. The molecule has 1 aromatic carbocycles. The predicted molar refractivity (Wildman–Crippen MR) is 82.1 cm³/mol. The summed E-state index contributed by atoms with van der Waals surface area (Å²) in [5, 5.41) is 1.09. The van der Waals surface area contributed by atoms with Crippen LogP contribution in [0.3, 0.4) is 0 Å². The van der Waals surface area contributed by atoms with E-state index in [0.717, 1.165) is 25.4 Å². The fourth-order valence-electron chi connectivity index (χ4n) is 2.07. The highest BCUT2D eigenvalue weighted by atomic mass is 79.9. The first-order valence-corrected chi connectivity index (χ1v) is 7.50. The maximum absolute atomic E-state index is 5.87. The number of thiophene rings is 1. The van der Waals surface area contributed by atoms with E-state index < -0.39 is 0 Å². The third-order valence-electron chi connectivity index (χ3n) is 3.06. The van der Waals surface area contributed by atoms with Crippen LogP contribution < -0.4 is 11.3 Å². The molecule has 3 rings (SSSR count). The lowest BCUT2D eigenvalue weighted by molar-refractivity contribution is 0.481. The first-order chi connectivity index (χ1) is 9.19. The fourth-order valence-corrected chi connectivity index (χ4v) is 3.71. The summed E-state index contributed by atoms with van der Waals surface area (Å²) in [5.41, 5.74) is 4.92. The van der Waals surface area contributed by atoms with E-state index in [0.29, 0.717) is 0 Å². The van der Waals surface area contributed by atoms with Crippen LogP contribution in [0.15, 0.2) is 44.6 Å². The number of rotatable bonds is 3. The lowest BCUT2D eigenvalue weighted by Gasteiger charge is -2.10. The summed E-state index contributed by atoms with van der Waals surface area (Å²) >= 11 is 5.21. The number of hydrazine groups is 1. The van der Waals surface area contributed by atoms with Gasteiger partial charge in [-0.1, -0.05) is 18.2 Å². The zero-order chi connectivity index (χ0) is 13.4. The minimum Gasteiger partial charge on any atom is -0.459 e. The molecule has 2 heterocycles. The van der Waals surface area contributed by atoms with E-state index in [-0.39, 0.29) is 6.04 Å². The van der Waals surface area contributed by atoms with Crippen LogP contribution in [-0.2, 0) is 0 Å². The zero-order valence-corrected chi connectivity index (χ0v) is 12.7. The lowest BCUT2D eigenvalue weighted by Crippen LogP contribution is -2.27. The Morgan fingerprint density at radius 2 is 2.11 bits per heavy atom. The van der Waals surface area contributed by atoms with Gasteiger partial charge in [0.2, 0.25) is 0 Å². The van der Waals surface area contributed by atoms with Crippen molar-refractivity contribution in [2.24, 2.45) is 5.84 Å². The molecule has 0 saturated carbocycles. The maximum Gasteiger partial charge on any atom is 0.134 e. The molecule has 0 aliphatic carbocycles. The van der Waals surface area contributed by atoms with Gasteiger partial charge in [-0.25, -0.2) is 5.43 Å². The van der Waals surface area contributed by atoms with Gasteiger partial charge in [0, 0.05) is 10.3 Å². The number of hydrogen-bond donors (Lipinski definition) is 2. The van der Waals surface area contributed by atoms with Crippen molar-refractivity contribution < 1.29 is 4.42 Å². The Morgan fingerprint density at radius 1 is 1.32 bits per heavy atom. The van der Waals surface area contributed by atoms with Crippen LogP contribution >= 0.6 is 27.3 Å². The Bertz CT molecular complexity index is 667. The molecule has 0 saturated heterocycles. The molecule has 2 aromatic heterocycles. The summed E-state index contributed by atoms with van der Waals surface area (Å²) in [6.45, 7) is 2.07. The molecule has 0 aliphatic heterocycles. The van der Waals surface area contributed by atoms with Crippen molar-refractivity contribution >= 4 is 38.2 Å². The summed E-state index contributed by atoms with van der Waals surface area (Å²) in [5.74, 6) is 6.53.